The van der Waals surface area contributed by atoms with Crippen LogP contribution >= 0.6 is 34.5 Å². The molecule has 0 aliphatic carbocycles. The van der Waals surface area contributed by atoms with Gasteiger partial charge in [0.25, 0.3) is 0 Å². The first-order valence-electron chi connectivity index (χ1n) is 5.30. The second-order valence-corrected chi connectivity index (χ2v) is 6.21. The van der Waals surface area contributed by atoms with Crippen LogP contribution in [0.15, 0.2) is 24.3 Å². The second kappa shape index (κ2) is 5.49. The molecule has 0 fully saturated rings. The molecular weight excluding hydrogens is 291 g/mol. The molecule has 0 aliphatic heterocycles. The molecule has 0 amide bonds. The molecule has 0 radical (unpaired) electrons. The number of aryl methyl sites for hydroxylation is 1. The third-order valence-corrected chi connectivity index (χ3v) is 4.18. The van der Waals surface area contributed by atoms with Crippen LogP contribution in [0.5, 0.6) is 5.75 Å². The van der Waals surface area contributed by atoms with Crippen molar-refractivity contribution < 1.29 is 9.84 Å². The van der Waals surface area contributed by atoms with Crippen molar-refractivity contribution in [2.75, 3.05) is 7.11 Å². The lowest BCUT2D eigenvalue weighted by Gasteiger charge is -2.15. The Hall–Kier alpha value is -0.740. The number of rotatable bonds is 3. The number of methoxy groups -OCH3 is 1. The van der Waals surface area contributed by atoms with Crippen molar-refractivity contribution in [1.82, 2.24) is 0 Å². The van der Waals surface area contributed by atoms with E-state index in [0.29, 0.717) is 25.5 Å². The molecule has 0 bridgehead atoms. The highest BCUT2D eigenvalue weighted by molar-refractivity contribution is 7.20. The van der Waals surface area contributed by atoms with Crippen LogP contribution in [-0.4, -0.2) is 12.2 Å². The van der Waals surface area contributed by atoms with E-state index in [1.54, 1.807) is 13.2 Å². The molecule has 0 saturated heterocycles. The lowest BCUT2D eigenvalue weighted by Crippen LogP contribution is -2.02. The largest absolute Gasteiger partial charge is 0.496 e. The number of halogens is 2. The van der Waals surface area contributed by atoms with Gasteiger partial charge in [-0.25, -0.2) is 0 Å². The zero-order chi connectivity index (χ0) is 13.3. The maximum absolute atomic E-state index is 10.4. The van der Waals surface area contributed by atoms with Gasteiger partial charge in [-0.2, -0.15) is 0 Å². The molecule has 2 aromatic rings. The summed E-state index contributed by atoms with van der Waals surface area (Å²) in [6, 6.07) is 7.32. The quantitative estimate of drug-likeness (QED) is 0.907. The minimum Gasteiger partial charge on any atom is -0.496 e. The molecule has 1 aromatic heterocycles. The predicted molar refractivity (Wildman–Crippen MR) is 76.1 cm³/mol. The summed E-state index contributed by atoms with van der Waals surface area (Å²) >= 11 is 13.2. The van der Waals surface area contributed by atoms with E-state index in [4.69, 9.17) is 27.9 Å². The highest BCUT2D eigenvalue weighted by Crippen LogP contribution is 2.39. The van der Waals surface area contributed by atoms with Crippen molar-refractivity contribution in [1.29, 1.82) is 0 Å². The lowest BCUT2D eigenvalue weighted by molar-refractivity contribution is 0.215. The van der Waals surface area contributed by atoms with Gasteiger partial charge in [0.05, 0.1) is 11.4 Å². The summed E-state index contributed by atoms with van der Waals surface area (Å²) in [5.41, 5.74) is 2.34. The molecule has 1 heterocycles. The molecule has 96 valence electrons. The zero-order valence-corrected chi connectivity index (χ0v) is 12.2. The van der Waals surface area contributed by atoms with Crippen molar-refractivity contribution >= 4 is 34.5 Å². The van der Waals surface area contributed by atoms with Crippen LogP contribution < -0.4 is 4.74 Å². The molecule has 0 saturated carbocycles. The van der Waals surface area contributed by atoms with E-state index in [2.05, 4.69) is 0 Å². The van der Waals surface area contributed by atoms with Gasteiger partial charge in [0.2, 0.25) is 0 Å². The fourth-order valence-corrected chi connectivity index (χ4v) is 3.29. The molecular formula is C13H12Cl2O2S. The molecule has 1 aromatic carbocycles. The normalized spacial score (nSPS) is 12.5. The Morgan fingerprint density at radius 2 is 1.94 bits per heavy atom. The third kappa shape index (κ3) is 2.64. The van der Waals surface area contributed by atoms with Gasteiger partial charge in [-0.1, -0.05) is 34.8 Å². The SMILES string of the molecule is COc1ccc(C)cc1C(O)c1cc(Cl)sc1Cl. The van der Waals surface area contributed by atoms with Crippen LogP contribution in [0.1, 0.15) is 22.8 Å². The number of aliphatic hydroxyl groups excluding tert-OH is 1. The van der Waals surface area contributed by atoms with Crippen molar-refractivity contribution in [3.05, 3.63) is 49.6 Å². The summed E-state index contributed by atoms with van der Waals surface area (Å²) in [7, 11) is 1.57. The van der Waals surface area contributed by atoms with Crippen LogP contribution in [0.3, 0.4) is 0 Å². The lowest BCUT2D eigenvalue weighted by atomic mass is 10.0. The monoisotopic (exact) mass is 302 g/mol. The van der Waals surface area contributed by atoms with Crippen LogP contribution in [0.2, 0.25) is 8.67 Å². The highest BCUT2D eigenvalue weighted by atomic mass is 35.5. The Morgan fingerprint density at radius 1 is 1.22 bits per heavy atom. The summed E-state index contributed by atoms with van der Waals surface area (Å²) < 4.78 is 6.31. The Morgan fingerprint density at radius 3 is 2.50 bits per heavy atom. The number of ether oxygens (including phenoxy) is 1. The summed E-state index contributed by atoms with van der Waals surface area (Å²) in [6.07, 6.45) is -0.837. The van der Waals surface area contributed by atoms with Gasteiger partial charge in [0.15, 0.2) is 0 Å². The van der Waals surface area contributed by atoms with Gasteiger partial charge in [-0.3, -0.25) is 0 Å². The summed E-state index contributed by atoms with van der Waals surface area (Å²) in [5.74, 6) is 0.631. The van der Waals surface area contributed by atoms with Crippen molar-refractivity contribution in [3.63, 3.8) is 0 Å². The van der Waals surface area contributed by atoms with Crippen molar-refractivity contribution in [2.24, 2.45) is 0 Å². The van der Waals surface area contributed by atoms with Crippen molar-refractivity contribution in [3.8, 4) is 5.75 Å². The van der Waals surface area contributed by atoms with Crippen LogP contribution in [0, 0.1) is 6.92 Å². The average molecular weight is 303 g/mol. The number of hydrogen-bond donors (Lipinski definition) is 1. The van der Waals surface area contributed by atoms with Gasteiger partial charge in [-0.15, -0.1) is 11.3 Å². The first-order valence-corrected chi connectivity index (χ1v) is 6.87. The number of thiophene rings is 1. The van der Waals surface area contributed by atoms with Gasteiger partial charge in [0.1, 0.15) is 16.2 Å². The molecule has 2 rings (SSSR count). The number of hydrogen-bond acceptors (Lipinski definition) is 3. The van der Waals surface area contributed by atoms with Gasteiger partial charge in [0, 0.05) is 11.1 Å². The maximum atomic E-state index is 10.4. The maximum Gasteiger partial charge on any atom is 0.125 e. The smallest absolute Gasteiger partial charge is 0.125 e. The Bertz CT molecular complexity index is 566. The standard InChI is InChI=1S/C13H12Cl2O2S/c1-7-3-4-10(17-2)8(5-7)12(16)9-6-11(14)18-13(9)15/h3-6,12,16H,1-2H3. The molecule has 1 unspecified atom stereocenters. The number of benzene rings is 1. The Balaban J connectivity index is 2.48. The molecule has 2 nitrogen and oxygen atoms in total. The summed E-state index contributed by atoms with van der Waals surface area (Å²) in [5, 5.41) is 10.4. The summed E-state index contributed by atoms with van der Waals surface area (Å²) in [6.45, 7) is 1.96. The molecule has 1 atom stereocenters. The van der Waals surface area contributed by atoms with E-state index in [-0.39, 0.29) is 0 Å². The molecule has 5 heteroatoms. The van der Waals surface area contributed by atoms with Crippen LogP contribution in [-0.2, 0) is 0 Å². The van der Waals surface area contributed by atoms with Gasteiger partial charge >= 0.3 is 0 Å². The second-order valence-electron chi connectivity index (χ2n) is 3.93. The zero-order valence-electron chi connectivity index (χ0n) is 9.91. The van der Waals surface area contributed by atoms with E-state index in [1.165, 1.54) is 11.3 Å². The molecule has 18 heavy (non-hydrogen) atoms. The van der Waals surface area contributed by atoms with Gasteiger partial charge in [-0.05, 0) is 25.1 Å². The van der Waals surface area contributed by atoms with Gasteiger partial charge < -0.3 is 9.84 Å². The average Bonchev–Trinajstić information content (AvgIpc) is 2.67. The molecule has 1 N–H and O–H groups in total. The van der Waals surface area contributed by atoms with E-state index in [1.807, 2.05) is 25.1 Å². The van der Waals surface area contributed by atoms with E-state index >= 15 is 0 Å². The van der Waals surface area contributed by atoms with E-state index in [0.717, 1.165) is 5.56 Å². The first kappa shape index (κ1) is 13.7. The predicted octanol–water partition coefficient (Wildman–Crippen LogP) is 4.45. The minimum atomic E-state index is -0.837. The first-order chi connectivity index (χ1) is 8.52. The Labute approximate surface area is 120 Å². The molecule has 0 aliphatic rings. The van der Waals surface area contributed by atoms with E-state index < -0.39 is 6.10 Å². The topological polar surface area (TPSA) is 29.5 Å². The van der Waals surface area contributed by atoms with E-state index in [9.17, 15) is 5.11 Å². The molecule has 0 spiro atoms. The fraction of sp³-hybridized carbons (Fsp3) is 0.231. The van der Waals surface area contributed by atoms with Crippen molar-refractivity contribution in [2.45, 2.75) is 13.0 Å². The highest BCUT2D eigenvalue weighted by Gasteiger charge is 2.20. The number of aliphatic hydroxyl groups is 1. The van der Waals surface area contributed by atoms with Crippen LogP contribution in [0.25, 0.3) is 0 Å². The van der Waals surface area contributed by atoms with Crippen LogP contribution in [0.4, 0.5) is 0 Å². The minimum absolute atomic E-state index is 0.496. The third-order valence-electron chi connectivity index (χ3n) is 2.66. The summed E-state index contributed by atoms with van der Waals surface area (Å²) in [4.78, 5) is 0. The fourth-order valence-electron chi connectivity index (χ4n) is 1.77. The Kier molecular flexibility index (Phi) is 4.17.